The first-order valence-corrected chi connectivity index (χ1v) is 7.96. The van der Waals surface area contributed by atoms with Crippen LogP contribution in [0.15, 0.2) is 24.3 Å². The zero-order chi connectivity index (χ0) is 16.9. The van der Waals surface area contributed by atoms with Gasteiger partial charge in [-0.2, -0.15) is 0 Å². The number of carboxylic acid groups (broad SMARTS) is 1. The Bertz CT molecular complexity index is 558. The third-order valence-corrected chi connectivity index (χ3v) is 4.31. The van der Waals surface area contributed by atoms with Crippen molar-refractivity contribution in [1.29, 1.82) is 0 Å². The van der Waals surface area contributed by atoms with Gasteiger partial charge in [0.1, 0.15) is 0 Å². The Morgan fingerprint density at radius 1 is 1.30 bits per heavy atom. The molecule has 126 valence electrons. The van der Waals surface area contributed by atoms with Crippen molar-refractivity contribution >= 4 is 23.5 Å². The van der Waals surface area contributed by atoms with Crippen LogP contribution in [0.3, 0.4) is 0 Å². The molecule has 1 aliphatic rings. The van der Waals surface area contributed by atoms with Crippen molar-refractivity contribution in [1.82, 2.24) is 10.2 Å². The number of ether oxygens (including phenoxy) is 1. The van der Waals surface area contributed by atoms with Gasteiger partial charge in [0.2, 0.25) is 5.91 Å². The number of halogens is 1. The maximum absolute atomic E-state index is 12.3. The van der Waals surface area contributed by atoms with Crippen LogP contribution in [0.25, 0.3) is 0 Å². The summed E-state index contributed by atoms with van der Waals surface area (Å²) >= 11 is 5.87. The number of carboxylic acids is 1. The molecule has 0 saturated carbocycles. The monoisotopic (exact) mass is 340 g/mol. The Morgan fingerprint density at radius 2 is 1.91 bits per heavy atom. The minimum atomic E-state index is -1.45. The second kappa shape index (κ2) is 7.77. The van der Waals surface area contributed by atoms with Gasteiger partial charge in [-0.3, -0.25) is 9.69 Å². The zero-order valence-corrected chi connectivity index (χ0v) is 13.8. The van der Waals surface area contributed by atoms with Crippen LogP contribution in [0.1, 0.15) is 18.9 Å². The molecule has 7 heteroatoms. The summed E-state index contributed by atoms with van der Waals surface area (Å²) in [4.78, 5) is 26.2. The van der Waals surface area contributed by atoms with Gasteiger partial charge in [-0.1, -0.05) is 30.7 Å². The van der Waals surface area contributed by atoms with Gasteiger partial charge >= 0.3 is 5.97 Å². The molecule has 2 rings (SSSR count). The Kier molecular flexibility index (Phi) is 5.98. The van der Waals surface area contributed by atoms with Crippen LogP contribution >= 0.6 is 11.6 Å². The van der Waals surface area contributed by atoms with Gasteiger partial charge < -0.3 is 15.2 Å². The summed E-state index contributed by atoms with van der Waals surface area (Å²) in [6.07, 6.45) is 0.235. The molecule has 1 fully saturated rings. The number of carbonyl (C=O) groups is 2. The molecule has 1 amide bonds. The molecule has 2 N–H and O–H groups in total. The molecule has 1 saturated heterocycles. The lowest BCUT2D eigenvalue weighted by atomic mass is 9.87. The van der Waals surface area contributed by atoms with Gasteiger partial charge in [0.05, 0.1) is 19.8 Å². The Morgan fingerprint density at radius 3 is 2.43 bits per heavy atom. The van der Waals surface area contributed by atoms with Crippen molar-refractivity contribution in [2.24, 2.45) is 0 Å². The maximum Gasteiger partial charge on any atom is 0.334 e. The van der Waals surface area contributed by atoms with Gasteiger partial charge in [-0.05, 0) is 24.1 Å². The highest BCUT2D eigenvalue weighted by Crippen LogP contribution is 2.27. The largest absolute Gasteiger partial charge is 0.479 e. The molecule has 1 aromatic carbocycles. The lowest BCUT2D eigenvalue weighted by Crippen LogP contribution is -2.54. The van der Waals surface area contributed by atoms with E-state index in [1.54, 1.807) is 31.2 Å². The van der Waals surface area contributed by atoms with Gasteiger partial charge in [0.15, 0.2) is 5.54 Å². The molecule has 23 heavy (non-hydrogen) atoms. The van der Waals surface area contributed by atoms with Gasteiger partial charge in [-0.15, -0.1) is 0 Å². The summed E-state index contributed by atoms with van der Waals surface area (Å²) in [5, 5.41) is 12.9. The number of benzene rings is 1. The normalized spacial score (nSPS) is 18.2. The molecule has 1 aliphatic heterocycles. The molecule has 0 spiro atoms. The molecule has 1 atom stereocenters. The molecule has 0 bridgehead atoms. The van der Waals surface area contributed by atoms with Crippen LogP contribution in [-0.4, -0.2) is 54.7 Å². The summed E-state index contributed by atoms with van der Waals surface area (Å²) in [6.45, 7) is 4.40. The number of hydrogen-bond acceptors (Lipinski definition) is 4. The Hall–Kier alpha value is -1.63. The molecular formula is C16H21ClN2O4. The Labute approximate surface area is 140 Å². The average Bonchev–Trinajstić information content (AvgIpc) is 2.54. The molecule has 1 unspecified atom stereocenters. The van der Waals surface area contributed by atoms with Gasteiger partial charge in [-0.25, -0.2) is 4.79 Å². The number of hydrogen-bond donors (Lipinski definition) is 2. The van der Waals surface area contributed by atoms with E-state index in [4.69, 9.17) is 16.3 Å². The summed E-state index contributed by atoms with van der Waals surface area (Å²) < 4.78 is 5.24. The number of nitrogens with one attached hydrogen (secondary N) is 1. The van der Waals surface area contributed by atoms with Crippen molar-refractivity contribution in [3.05, 3.63) is 34.9 Å². The fraction of sp³-hybridized carbons (Fsp3) is 0.500. The number of nitrogens with zero attached hydrogens (tertiary/aromatic N) is 1. The number of carbonyl (C=O) groups excluding carboxylic acids is 1. The second-order valence-electron chi connectivity index (χ2n) is 5.51. The average molecular weight is 341 g/mol. The standard InChI is InChI=1S/C16H21ClN2O4/c1-2-16(15(21)22,12-3-5-13(17)6-4-12)18-14(20)11-19-7-9-23-10-8-19/h3-6H,2,7-11H2,1H3,(H,18,20)(H,21,22). The fourth-order valence-electron chi connectivity index (χ4n) is 2.67. The van der Waals surface area contributed by atoms with Crippen molar-refractivity contribution < 1.29 is 19.4 Å². The van der Waals surface area contributed by atoms with E-state index < -0.39 is 11.5 Å². The van der Waals surface area contributed by atoms with E-state index in [0.717, 1.165) is 0 Å². The van der Waals surface area contributed by atoms with Gasteiger partial charge in [0.25, 0.3) is 0 Å². The minimum Gasteiger partial charge on any atom is -0.479 e. The molecule has 6 nitrogen and oxygen atoms in total. The molecule has 0 aliphatic carbocycles. The summed E-state index contributed by atoms with van der Waals surface area (Å²) in [6, 6.07) is 6.51. The summed E-state index contributed by atoms with van der Waals surface area (Å²) in [5.74, 6) is -1.40. The molecule has 1 heterocycles. The molecular weight excluding hydrogens is 320 g/mol. The summed E-state index contributed by atoms with van der Waals surface area (Å²) in [7, 11) is 0. The topological polar surface area (TPSA) is 78.9 Å². The first-order chi connectivity index (χ1) is 11.0. The molecule has 0 aromatic heterocycles. The van der Waals surface area contributed by atoms with Crippen LogP contribution in [0.4, 0.5) is 0 Å². The first-order valence-electron chi connectivity index (χ1n) is 7.58. The lowest BCUT2D eigenvalue weighted by Gasteiger charge is -2.32. The predicted octanol–water partition coefficient (Wildman–Crippen LogP) is 1.48. The van der Waals surface area contributed by atoms with E-state index in [9.17, 15) is 14.7 Å². The van der Waals surface area contributed by atoms with Crippen molar-refractivity contribution in [2.75, 3.05) is 32.8 Å². The van der Waals surface area contributed by atoms with Crippen LogP contribution < -0.4 is 5.32 Å². The van der Waals surface area contributed by atoms with E-state index >= 15 is 0 Å². The van der Waals surface area contributed by atoms with Crippen molar-refractivity contribution in [2.45, 2.75) is 18.9 Å². The minimum absolute atomic E-state index is 0.159. The third-order valence-electron chi connectivity index (χ3n) is 4.06. The highest BCUT2D eigenvalue weighted by atomic mass is 35.5. The number of morpholine rings is 1. The molecule has 1 aromatic rings. The van der Waals surface area contributed by atoms with Crippen molar-refractivity contribution in [3.8, 4) is 0 Å². The highest BCUT2D eigenvalue weighted by Gasteiger charge is 2.40. The maximum atomic E-state index is 12.3. The predicted molar refractivity (Wildman–Crippen MR) is 86.5 cm³/mol. The SMILES string of the molecule is CCC(NC(=O)CN1CCOCC1)(C(=O)O)c1ccc(Cl)cc1. The quantitative estimate of drug-likeness (QED) is 0.820. The van der Waals surface area contributed by atoms with E-state index in [1.807, 2.05) is 4.90 Å². The fourth-order valence-corrected chi connectivity index (χ4v) is 2.79. The number of amides is 1. The third kappa shape index (κ3) is 4.22. The highest BCUT2D eigenvalue weighted by molar-refractivity contribution is 6.30. The first kappa shape index (κ1) is 17.7. The van der Waals surface area contributed by atoms with Crippen LogP contribution in [0.2, 0.25) is 5.02 Å². The number of aliphatic carboxylic acids is 1. The zero-order valence-electron chi connectivity index (χ0n) is 13.0. The van der Waals surface area contributed by atoms with Crippen LogP contribution in [0, 0.1) is 0 Å². The van der Waals surface area contributed by atoms with Crippen LogP contribution in [-0.2, 0) is 19.9 Å². The van der Waals surface area contributed by atoms with E-state index in [1.165, 1.54) is 0 Å². The van der Waals surface area contributed by atoms with Gasteiger partial charge in [0, 0.05) is 18.1 Å². The van der Waals surface area contributed by atoms with E-state index in [0.29, 0.717) is 36.9 Å². The molecule has 0 radical (unpaired) electrons. The van der Waals surface area contributed by atoms with E-state index in [-0.39, 0.29) is 18.9 Å². The second-order valence-corrected chi connectivity index (χ2v) is 5.94. The summed E-state index contributed by atoms with van der Waals surface area (Å²) in [5.41, 5.74) is -0.944. The Balaban J connectivity index is 2.16. The smallest absolute Gasteiger partial charge is 0.334 e. The van der Waals surface area contributed by atoms with Crippen LogP contribution in [0.5, 0.6) is 0 Å². The lowest BCUT2D eigenvalue weighted by molar-refractivity contribution is -0.148. The van der Waals surface area contributed by atoms with Crippen molar-refractivity contribution in [3.63, 3.8) is 0 Å². The number of rotatable bonds is 6. The van der Waals surface area contributed by atoms with E-state index in [2.05, 4.69) is 5.32 Å².